The Morgan fingerprint density at radius 1 is 0.792 bits per heavy atom. The lowest BCUT2D eigenvalue weighted by Crippen LogP contribution is -2.48. The van der Waals surface area contributed by atoms with E-state index in [1.165, 1.54) is 27.8 Å². The van der Waals surface area contributed by atoms with Gasteiger partial charge in [-0.3, -0.25) is 0 Å². The fourth-order valence-corrected chi connectivity index (χ4v) is 3.36. The summed E-state index contributed by atoms with van der Waals surface area (Å²) in [4.78, 5) is 2.50. The van der Waals surface area contributed by atoms with Gasteiger partial charge in [-0.25, -0.2) is 0 Å². The Morgan fingerprint density at radius 2 is 1.50 bits per heavy atom. The molecule has 0 fully saturated rings. The van der Waals surface area contributed by atoms with Crippen LogP contribution in [0.2, 0.25) is 0 Å². The van der Waals surface area contributed by atoms with Gasteiger partial charge in [0.2, 0.25) is 0 Å². The molecule has 1 aliphatic heterocycles. The van der Waals surface area contributed by atoms with Crippen LogP contribution in [-0.4, -0.2) is 6.85 Å². The molecule has 0 atom stereocenters. The van der Waals surface area contributed by atoms with Crippen molar-refractivity contribution in [2.45, 2.75) is 13.5 Å². The van der Waals surface area contributed by atoms with E-state index in [1.54, 1.807) is 0 Å². The third kappa shape index (κ3) is 2.88. The van der Waals surface area contributed by atoms with Crippen molar-refractivity contribution in [2.24, 2.45) is 0 Å². The van der Waals surface area contributed by atoms with Gasteiger partial charge in [0, 0.05) is 12.2 Å². The van der Waals surface area contributed by atoms with Gasteiger partial charge >= 0.3 is 6.85 Å². The molecule has 0 saturated heterocycles. The molecule has 0 N–H and O–H groups in total. The van der Waals surface area contributed by atoms with Crippen molar-refractivity contribution in [3.63, 3.8) is 0 Å². The van der Waals surface area contributed by atoms with Gasteiger partial charge in [0.1, 0.15) is 0 Å². The molecule has 3 aromatic rings. The highest BCUT2D eigenvalue weighted by atomic mass is 15.1. The highest BCUT2D eigenvalue weighted by molar-refractivity contribution is 6.82. The third-order valence-corrected chi connectivity index (χ3v) is 4.65. The Bertz CT molecular complexity index is 853. The van der Waals surface area contributed by atoms with E-state index in [0.29, 0.717) is 0 Å². The minimum Gasteiger partial charge on any atom is -0.403 e. The second-order valence-electron chi connectivity index (χ2n) is 6.39. The van der Waals surface area contributed by atoms with Crippen LogP contribution in [0.3, 0.4) is 0 Å². The van der Waals surface area contributed by atoms with Gasteiger partial charge in [-0.05, 0) is 24.1 Å². The van der Waals surface area contributed by atoms with E-state index in [0.717, 1.165) is 6.54 Å². The van der Waals surface area contributed by atoms with Gasteiger partial charge in [0.15, 0.2) is 0 Å². The van der Waals surface area contributed by atoms with Gasteiger partial charge in [-0.1, -0.05) is 95.9 Å². The van der Waals surface area contributed by atoms with Crippen molar-refractivity contribution in [3.8, 4) is 0 Å². The van der Waals surface area contributed by atoms with Crippen LogP contribution in [-0.2, 0) is 6.54 Å². The molecule has 0 aromatic heterocycles. The highest BCUT2D eigenvalue weighted by Crippen LogP contribution is 2.28. The van der Waals surface area contributed by atoms with E-state index in [-0.39, 0.29) is 6.85 Å². The van der Waals surface area contributed by atoms with Crippen molar-refractivity contribution in [2.75, 3.05) is 4.81 Å². The van der Waals surface area contributed by atoms with Crippen LogP contribution >= 0.6 is 0 Å². The van der Waals surface area contributed by atoms with Gasteiger partial charge < -0.3 is 4.81 Å². The van der Waals surface area contributed by atoms with Gasteiger partial charge in [-0.2, -0.15) is 0 Å². The van der Waals surface area contributed by atoms with Crippen LogP contribution in [0.5, 0.6) is 0 Å². The van der Waals surface area contributed by atoms with Crippen molar-refractivity contribution in [3.05, 3.63) is 102 Å². The molecule has 0 radical (unpaired) electrons. The fourth-order valence-electron chi connectivity index (χ4n) is 3.36. The Morgan fingerprint density at radius 3 is 2.29 bits per heavy atom. The number of rotatable bonds is 3. The molecule has 1 heterocycles. The lowest BCUT2D eigenvalue weighted by atomic mass is 9.52. The van der Waals surface area contributed by atoms with Crippen LogP contribution < -0.4 is 10.3 Å². The number of hydrogen-bond donors (Lipinski definition) is 0. The molecule has 24 heavy (non-hydrogen) atoms. The first-order valence-electron chi connectivity index (χ1n) is 8.46. The lowest BCUT2D eigenvalue weighted by molar-refractivity contribution is 1.02. The maximum Gasteiger partial charge on any atom is 0.316 e. The molecule has 4 rings (SSSR count). The summed E-state index contributed by atoms with van der Waals surface area (Å²) in [5.74, 6) is 2.32. The van der Waals surface area contributed by atoms with E-state index in [4.69, 9.17) is 0 Å². The minimum atomic E-state index is 0.265. The monoisotopic (exact) mass is 309 g/mol. The average molecular weight is 309 g/mol. The molecule has 0 amide bonds. The number of benzene rings is 3. The van der Waals surface area contributed by atoms with Crippen LogP contribution in [0.4, 0.5) is 5.69 Å². The molecule has 0 unspecified atom stereocenters. The SMILES string of the molecule is Cc1ccc(B2C=Cc3ccccc3N2Cc2ccccc2)cc1. The summed E-state index contributed by atoms with van der Waals surface area (Å²) in [6, 6.07) is 28.2. The molecule has 116 valence electrons. The topological polar surface area (TPSA) is 3.24 Å². The zero-order valence-electron chi connectivity index (χ0n) is 13.9. The van der Waals surface area contributed by atoms with E-state index in [1.807, 2.05) is 0 Å². The molecular weight excluding hydrogens is 289 g/mol. The lowest BCUT2D eigenvalue weighted by Gasteiger charge is -2.34. The quantitative estimate of drug-likeness (QED) is 0.645. The molecule has 3 aromatic carbocycles. The third-order valence-electron chi connectivity index (χ3n) is 4.65. The van der Waals surface area contributed by atoms with E-state index < -0.39 is 0 Å². The first-order chi connectivity index (χ1) is 11.8. The summed E-state index contributed by atoms with van der Waals surface area (Å²) >= 11 is 0. The van der Waals surface area contributed by atoms with E-state index in [2.05, 4.69) is 103 Å². The predicted molar refractivity (Wildman–Crippen MR) is 105 cm³/mol. The Balaban J connectivity index is 1.76. The van der Waals surface area contributed by atoms with Crippen LogP contribution in [0.15, 0.2) is 84.8 Å². The van der Waals surface area contributed by atoms with Crippen molar-refractivity contribution < 1.29 is 0 Å². The molecule has 0 aliphatic carbocycles. The second kappa shape index (κ2) is 6.41. The second-order valence-corrected chi connectivity index (χ2v) is 6.39. The van der Waals surface area contributed by atoms with Gasteiger partial charge in [-0.15, -0.1) is 0 Å². The maximum absolute atomic E-state index is 2.50. The summed E-state index contributed by atoms with van der Waals surface area (Å²) < 4.78 is 0. The Labute approximate surface area is 144 Å². The molecular formula is C22H20BN. The average Bonchev–Trinajstić information content (AvgIpc) is 2.64. The van der Waals surface area contributed by atoms with Gasteiger partial charge in [0.25, 0.3) is 0 Å². The van der Waals surface area contributed by atoms with Crippen molar-refractivity contribution in [1.29, 1.82) is 0 Å². The Kier molecular flexibility index (Phi) is 3.96. The van der Waals surface area contributed by atoms with E-state index in [9.17, 15) is 0 Å². The smallest absolute Gasteiger partial charge is 0.316 e. The number of fused-ring (bicyclic) bond motifs is 1. The number of nitrogens with zero attached hydrogens (tertiary/aromatic N) is 1. The number of anilines is 1. The van der Waals surface area contributed by atoms with Crippen LogP contribution in [0.25, 0.3) is 6.08 Å². The fraction of sp³-hybridized carbons (Fsp3) is 0.0909. The molecule has 1 nitrogen and oxygen atoms in total. The molecule has 0 spiro atoms. The van der Waals surface area contributed by atoms with Crippen LogP contribution in [0.1, 0.15) is 16.7 Å². The maximum atomic E-state index is 2.50. The number of hydrogen-bond acceptors (Lipinski definition) is 1. The van der Waals surface area contributed by atoms with Crippen molar-refractivity contribution in [1.82, 2.24) is 0 Å². The summed E-state index contributed by atoms with van der Waals surface area (Å²) in [6.45, 7) is 3.30. The first kappa shape index (κ1) is 14.8. The highest BCUT2D eigenvalue weighted by Gasteiger charge is 2.27. The normalized spacial score (nSPS) is 13.0. The summed E-state index contributed by atoms with van der Waals surface area (Å²) in [5.41, 5.74) is 6.56. The Hall–Kier alpha value is -2.74. The molecule has 1 aliphatic rings. The number of para-hydroxylation sites is 1. The molecule has 0 bridgehead atoms. The number of aryl methyl sites for hydroxylation is 1. The summed E-state index contributed by atoms with van der Waals surface area (Å²) in [5, 5.41) is 0. The summed E-state index contributed by atoms with van der Waals surface area (Å²) in [7, 11) is 0. The molecule has 2 heteroatoms. The van der Waals surface area contributed by atoms with Crippen LogP contribution in [0, 0.1) is 6.92 Å². The van der Waals surface area contributed by atoms with E-state index >= 15 is 0 Å². The minimum absolute atomic E-state index is 0.265. The standard InChI is InChI=1S/C22H20BN/c1-18-11-13-21(14-12-18)23-16-15-20-9-5-6-10-22(20)24(23)17-19-7-3-2-4-8-19/h2-16H,17H2,1H3. The molecule has 0 saturated carbocycles. The van der Waals surface area contributed by atoms with Crippen molar-refractivity contribution >= 4 is 24.1 Å². The van der Waals surface area contributed by atoms with Gasteiger partial charge in [0.05, 0.1) is 0 Å². The first-order valence-corrected chi connectivity index (χ1v) is 8.46. The zero-order valence-corrected chi connectivity index (χ0v) is 13.9. The zero-order chi connectivity index (χ0) is 16.4. The summed E-state index contributed by atoms with van der Waals surface area (Å²) in [6.07, 6.45) is 2.25. The predicted octanol–water partition coefficient (Wildman–Crippen LogP) is 4.47. The largest absolute Gasteiger partial charge is 0.403 e.